The van der Waals surface area contributed by atoms with Crippen molar-refractivity contribution in [3.63, 3.8) is 0 Å². The Hall–Kier alpha value is -3.15. The molecule has 2 aromatic carbocycles. The Morgan fingerprint density at radius 2 is 2.06 bits per heavy atom. The lowest BCUT2D eigenvalue weighted by Gasteiger charge is -2.33. The highest BCUT2D eigenvalue weighted by Crippen LogP contribution is 2.55. The number of thiophene rings is 1. The van der Waals surface area contributed by atoms with Crippen LogP contribution in [0.5, 0.6) is 0 Å². The van der Waals surface area contributed by atoms with Crippen molar-refractivity contribution in [2.24, 2.45) is 0 Å². The normalized spacial score (nSPS) is 19.7. The highest BCUT2D eigenvalue weighted by atomic mass is 32.2. The lowest BCUT2D eigenvalue weighted by Crippen LogP contribution is -2.50. The summed E-state index contributed by atoms with van der Waals surface area (Å²) in [6.07, 6.45) is 0. The van der Waals surface area contributed by atoms with E-state index in [1.54, 1.807) is 46.2 Å². The Balaban J connectivity index is 1.60. The van der Waals surface area contributed by atoms with Crippen LogP contribution in [0.25, 0.3) is 0 Å². The highest BCUT2D eigenvalue weighted by Gasteiger charge is 2.59. The number of thioether (sulfide) groups is 1. The lowest BCUT2D eigenvalue weighted by molar-refractivity contribution is -0.123. The number of carbonyl (C=O) groups excluding carboxylic acids is 2. The van der Waals surface area contributed by atoms with Gasteiger partial charge in [0.2, 0.25) is 0 Å². The standard InChI is InChI=1S/C23H16FN3O2S2/c24-17-6-7-19-18(12-17)23(27(8-10-31-23)21(28)20-5-2-9-30-20)22(29)26(19)14-16-4-1-3-15(11-16)13-25/h1-7,9,11-12H,8,10,14H2/t23-/m1/s1. The topological polar surface area (TPSA) is 64.4 Å². The fourth-order valence-corrected chi connectivity index (χ4v) is 6.32. The first kappa shape index (κ1) is 19.8. The molecule has 0 N–H and O–H groups in total. The summed E-state index contributed by atoms with van der Waals surface area (Å²) in [6, 6.07) is 17.0. The van der Waals surface area contributed by atoms with Crippen molar-refractivity contribution in [2.75, 3.05) is 17.2 Å². The number of nitrogens with zero attached hydrogens (tertiary/aromatic N) is 3. The molecule has 2 amide bonds. The predicted octanol–water partition coefficient (Wildman–Crippen LogP) is 4.35. The van der Waals surface area contributed by atoms with Crippen LogP contribution in [0, 0.1) is 17.1 Å². The molecule has 31 heavy (non-hydrogen) atoms. The summed E-state index contributed by atoms with van der Waals surface area (Å²) in [6.45, 7) is 0.636. The average molecular weight is 450 g/mol. The highest BCUT2D eigenvalue weighted by molar-refractivity contribution is 8.01. The van der Waals surface area contributed by atoms with Crippen LogP contribution in [0.2, 0.25) is 0 Å². The molecule has 1 aromatic heterocycles. The molecule has 1 spiro atoms. The van der Waals surface area contributed by atoms with E-state index in [1.165, 1.54) is 35.2 Å². The maximum absolute atomic E-state index is 14.3. The Bertz CT molecular complexity index is 1240. The van der Waals surface area contributed by atoms with E-state index in [4.69, 9.17) is 0 Å². The molecule has 8 heteroatoms. The van der Waals surface area contributed by atoms with Gasteiger partial charge in [-0.1, -0.05) is 18.2 Å². The molecule has 154 valence electrons. The van der Waals surface area contributed by atoms with Gasteiger partial charge >= 0.3 is 0 Å². The molecule has 5 rings (SSSR count). The number of hydrogen-bond donors (Lipinski definition) is 0. The van der Waals surface area contributed by atoms with Gasteiger partial charge in [-0.15, -0.1) is 23.1 Å². The molecule has 0 saturated carbocycles. The molecule has 2 aliphatic rings. The SMILES string of the molecule is N#Cc1cccc(CN2C(=O)[C@]3(SCCN3C(=O)c3cccs3)c3cc(F)ccc32)c1. The van der Waals surface area contributed by atoms with Crippen LogP contribution < -0.4 is 4.90 Å². The smallest absolute Gasteiger partial charge is 0.268 e. The number of anilines is 1. The first-order valence-corrected chi connectivity index (χ1v) is 11.5. The summed E-state index contributed by atoms with van der Waals surface area (Å²) < 4.78 is 14.3. The van der Waals surface area contributed by atoms with Gasteiger partial charge in [-0.3, -0.25) is 9.59 Å². The number of carbonyl (C=O) groups is 2. The number of halogens is 1. The Kier molecular flexibility index (Phi) is 4.80. The molecule has 2 aliphatic heterocycles. The first-order valence-electron chi connectivity index (χ1n) is 9.65. The third-order valence-corrected chi connectivity index (χ3v) is 7.81. The van der Waals surface area contributed by atoms with Gasteiger partial charge < -0.3 is 9.80 Å². The van der Waals surface area contributed by atoms with Crippen molar-refractivity contribution >= 4 is 40.6 Å². The van der Waals surface area contributed by atoms with Gasteiger partial charge in [0.15, 0.2) is 4.87 Å². The third-order valence-electron chi connectivity index (χ3n) is 5.53. The number of benzene rings is 2. The van der Waals surface area contributed by atoms with E-state index in [0.29, 0.717) is 34.0 Å². The Morgan fingerprint density at radius 1 is 1.19 bits per heavy atom. The van der Waals surface area contributed by atoms with Crippen molar-refractivity contribution in [1.82, 2.24) is 4.90 Å². The molecule has 1 fully saturated rings. The minimum Gasteiger partial charge on any atom is -0.310 e. The van der Waals surface area contributed by atoms with Gasteiger partial charge in [-0.05, 0) is 47.3 Å². The second-order valence-corrected chi connectivity index (χ2v) is 9.53. The fourth-order valence-electron chi connectivity index (χ4n) is 4.20. The van der Waals surface area contributed by atoms with Crippen LogP contribution in [0.3, 0.4) is 0 Å². The molecule has 0 aliphatic carbocycles. The molecule has 1 saturated heterocycles. The fraction of sp³-hybridized carbons (Fsp3) is 0.174. The molecule has 0 radical (unpaired) electrons. The molecule has 0 bridgehead atoms. The van der Waals surface area contributed by atoms with E-state index in [2.05, 4.69) is 6.07 Å². The third kappa shape index (κ3) is 3.04. The second-order valence-electron chi connectivity index (χ2n) is 7.29. The summed E-state index contributed by atoms with van der Waals surface area (Å²) >= 11 is 2.69. The van der Waals surface area contributed by atoms with E-state index in [0.717, 1.165) is 5.56 Å². The maximum Gasteiger partial charge on any atom is 0.268 e. The lowest BCUT2D eigenvalue weighted by atomic mass is 10.1. The predicted molar refractivity (Wildman–Crippen MR) is 118 cm³/mol. The molecule has 5 nitrogen and oxygen atoms in total. The zero-order valence-electron chi connectivity index (χ0n) is 16.2. The van der Waals surface area contributed by atoms with Crippen LogP contribution in [0.15, 0.2) is 60.0 Å². The maximum atomic E-state index is 14.3. The molecular weight excluding hydrogens is 433 g/mol. The summed E-state index contributed by atoms with van der Waals surface area (Å²) in [5, 5.41) is 11.0. The van der Waals surface area contributed by atoms with Gasteiger partial charge in [0, 0.05) is 17.9 Å². The van der Waals surface area contributed by atoms with Crippen LogP contribution in [0.1, 0.15) is 26.4 Å². The quantitative estimate of drug-likeness (QED) is 0.597. The number of fused-ring (bicyclic) bond motifs is 2. The summed E-state index contributed by atoms with van der Waals surface area (Å²) in [5.41, 5.74) is 2.38. The minimum atomic E-state index is -1.29. The van der Waals surface area contributed by atoms with Gasteiger partial charge in [-0.2, -0.15) is 5.26 Å². The number of amides is 2. The summed E-state index contributed by atoms with van der Waals surface area (Å²) in [4.78, 5) is 29.6. The number of rotatable bonds is 3. The number of hydrogen-bond acceptors (Lipinski definition) is 5. The van der Waals surface area contributed by atoms with Crippen molar-refractivity contribution in [1.29, 1.82) is 5.26 Å². The van der Waals surface area contributed by atoms with Gasteiger partial charge in [0.1, 0.15) is 5.82 Å². The van der Waals surface area contributed by atoms with Crippen LogP contribution >= 0.6 is 23.1 Å². The Labute approximate surface area is 186 Å². The molecule has 3 aromatic rings. The number of nitriles is 1. The average Bonchev–Trinajstić information content (AvgIpc) is 3.51. The summed E-state index contributed by atoms with van der Waals surface area (Å²) in [7, 11) is 0. The van der Waals surface area contributed by atoms with E-state index in [1.807, 2.05) is 11.4 Å². The van der Waals surface area contributed by atoms with Gasteiger partial charge in [0.05, 0.1) is 28.7 Å². The molecule has 0 unspecified atom stereocenters. The van der Waals surface area contributed by atoms with E-state index >= 15 is 0 Å². The van der Waals surface area contributed by atoms with E-state index in [9.17, 15) is 19.2 Å². The van der Waals surface area contributed by atoms with E-state index in [-0.39, 0.29) is 18.4 Å². The molecular formula is C23H16FN3O2S2. The minimum absolute atomic E-state index is 0.225. The first-order chi connectivity index (χ1) is 15.0. The van der Waals surface area contributed by atoms with Crippen molar-refractivity contribution in [3.8, 4) is 6.07 Å². The van der Waals surface area contributed by atoms with Crippen LogP contribution in [-0.2, 0) is 16.2 Å². The van der Waals surface area contributed by atoms with Crippen LogP contribution in [-0.4, -0.2) is 29.0 Å². The molecule has 1 atom stereocenters. The van der Waals surface area contributed by atoms with E-state index < -0.39 is 10.7 Å². The van der Waals surface area contributed by atoms with Crippen molar-refractivity contribution in [2.45, 2.75) is 11.4 Å². The van der Waals surface area contributed by atoms with Crippen LogP contribution in [0.4, 0.5) is 10.1 Å². The second kappa shape index (κ2) is 7.52. The molecule has 3 heterocycles. The van der Waals surface area contributed by atoms with Gasteiger partial charge in [0.25, 0.3) is 11.8 Å². The zero-order valence-corrected chi connectivity index (χ0v) is 17.9. The van der Waals surface area contributed by atoms with Gasteiger partial charge in [-0.25, -0.2) is 4.39 Å². The van der Waals surface area contributed by atoms with Crippen molar-refractivity contribution in [3.05, 3.63) is 87.4 Å². The zero-order chi connectivity index (χ0) is 21.6. The monoisotopic (exact) mass is 449 g/mol. The van der Waals surface area contributed by atoms with Crippen molar-refractivity contribution < 1.29 is 14.0 Å². The largest absolute Gasteiger partial charge is 0.310 e. The Morgan fingerprint density at radius 3 is 2.84 bits per heavy atom. The summed E-state index contributed by atoms with van der Waals surface area (Å²) in [5.74, 6) is -0.355.